The van der Waals surface area contributed by atoms with Crippen LogP contribution in [0.1, 0.15) is 31.4 Å². The van der Waals surface area contributed by atoms with E-state index in [0.29, 0.717) is 11.3 Å². The lowest BCUT2D eigenvalue weighted by atomic mass is 9.94. The molecule has 1 aromatic carbocycles. The van der Waals surface area contributed by atoms with Crippen molar-refractivity contribution in [2.45, 2.75) is 39.0 Å². The van der Waals surface area contributed by atoms with Gasteiger partial charge in [0.2, 0.25) is 0 Å². The molecule has 1 aromatic rings. The van der Waals surface area contributed by atoms with Gasteiger partial charge in [-0.2, -0.15) is 0 Å². The molecule has 0 aliphatic carbocycles. The summed E-state index contributed by atoms with van der Waals surface area (Å²) in [5.74, 6) is 0.558. The average molecular weight is 211 g/mol. The molecule has 0 aliphatic rings. The maximum atomic E-state index is 6.22. The Kier molecular flexibility index (Phi) is 4.47. The number of benzene rings is 1. The van der Waals surface area contributed by atoms with Crippen LogP contribution < -0.4 is 0 Å². The second kappa shape index (κ2) is 5.41. The van der Waals surface area contributed by atoms with Gasteiger partial charge in [0.1, 0.15) is 0 Å². The maximum Gasteiger partial charge on any atom is 0.0362 e. The van der Waals surface area contributed by atoms with E-state index < -0.39 is 0 Å². The van der Waals surface area contributed by atoms with Crippen molar-refractivity contribution in [3.63, 3.8) is 0 Å². The second-order valence-electron chi connectivity index (χ2n) is 4.03. The summed E-state index contributed by atoms with van der Waals surface area (Å²) in [5.41, 5.74) is 2.80. The minimum atomic E-state index is 0.301. The number of alkyl halides is 1. The molecular formula is C13H19Cl. The fourth-order valence-electron chi connectivity index (χ4n) is 1.72. The standard InChI is InChI=1S/C13H19Cl/c1-4-13(14)11(3)9-12-8-6-5-7-10(12)2/h5-8,11,13H,4,9H2,1-3H3. The molecule has 2 atom stereocenters. The van der Waals surface area contributed by atoms with Crippen molar-refractivity contribution in [3.05, 3.63) is 35.4 Å². The van der Waals surface area contributed by atoms with Crippen LogP contribution in [0.4, 0.5) is 0 Å². The summed E-state index contributed by atoms with van der Waals surface area (Å²) in [6, 6.07) is 8.55. The molecule has 0 aliphatic heterocycles. The van der Waals surface area contributed by atoms with E-state index in [2.05, 4.69) is 45.0 Å². The highest BCUT2D eigenvalue weighted by Crippen LogP contribution is 2.20. The number of halogens is 1. The molecule has 0 heterocycles. The molecule has 0 N–H and O–H groups in total. The van der Waals surface area contributed by atoms with Crippen LogP contribution in [0.25, 0.3) is 0 Å². The molecule has 1 rings (SSSR count). The van der Waals surface area contributed by atoms with Crippen LogP contribution in [0.5, 0.6) is 0 Å². The van der Waals surface area contributed by atoms with Crippen molar-refractivity contribution in [1.29, 1.82) is 0 Å². The Morgan fingerprint density at radius 3 is 2.50 bits per heavy atom. The third-order valence-electron chi connectivity index (χ3n) is 2.81. The zero-order valence-corrected chi connectivity index (χ0v) is 10.0. The average Bonchev–Trinajstić information content (AvgIpc) is 2.20. The van der Waals surface area contributed by atoms with Gasteiger partial charge in [-0.3, -0.25) is 0 Å². The molecule has 0 aromatic heterocycles. The van der Waals surface area contributed by atoms with Crippen LogP contribution in [0.15, 0.2) is 24.3 Å². The molecule has 0 radical (unpaired) electrons. The summed E-state index contributed by atoms with van der Waals surface area (Å²) in [7, 11) is 0. The van der Waals surface area contributed by atoms with Crippen molar-refractivity contribution in [3.8, 4) is 0 Å². The predicted octanol–water partition coefficient (Wildman–Crippen LogP) is 4.19. The first-order valence-corrected chi connectivity index (χ1v) is 5.77. The fourth-order valence-corrected chi connectivity index (χ4v) is 1.81. The van der Waals surface area contributed by atoms with Crippen LogP contribution >= 0.6 is 11.6 Å². The maximum absolute atomic E-state index is 6.22. The smallest absolute Gasteiger partial charge is 0.0362 e. The molecular weight excluding hydrogens is 192 g/mol. The monoisotopic (exact) mass is 210 g/mol. The van der Waals surface area contributed by atoms with Crippen LogP contribution in [-0.2, 0) is 6.42 Å². The third kappa shape index (κ3) is 3.02. The highest BCUT2D eigenvalue weighted by atomic mass is 35.5. The molecule has 0 saturated carbocycles. The molecule has 0 spiro atoms. The number of hydrogen-bond acceptors (Lipinski definition) is 0. The Labute approximate surface area is 92.3 Å². The Balaban J connectivity index is 2.64. The minimum absolute atomic E-state index is 0.301. The van der Waals surface area contributed by atoms with Gasteiger partial charge >= 0.3 is 0 Å². The van der Waals surface area contributed by atoms with E-state index in [1.807, 2.05) is 0 Å². The van der Waals surface area contributed by atoms with Gasteiger partial charge in [-0.15, -0.1) is 11.6 Å². The summed E-state index contributed by atoms with van der Waals surface area (Å²) >= 11 is 6.22. The van der Waals surface area contributed by atoms with Crippen LogP contribution in [0.2, 0.25) is 0 Å². The molecule has 78 valence electrons. The Morgan fingerprint density at radius 2 is 1.93 bits per heavy atom. The van der Waals surface area contributed by atoms with Gasteiger partial charge in [-0.1, -0.05) is 38.1 Å². The first-order chi connectivity index (χ1) is 6.65. The van der Waals surface area contributed by atoms with Crippen molar-refractivity contribution in [2.75, 3.05) is 0 Å². The normalized spacial score (nSPS) is 15.1. The fraction of sp³-hybridized carbons (Fsp3) is 0.538. The zero-order chi connectivity index (χ0) is 10.6. The van der Waals surface area contributed by atoms with Gasteiger partial charge in [0.15, 0.2) is 0 Å². The quantitative estimate of drug-likeness (QED) is 0.654. The van der Waals surface area contributed by atoms with Crippen LogP contribution in [-0.4, -0.2) is 5.38 Å². The highest BCUT2D eigenvalue weighted by Gasteiger charge is 2.13. The van der Waals surface area contributed by atoms with Crippen molar-refractivity contribution < 1.29 is 0 Å². The Bertz CT molecular complexity index is 280. The summed E-state index contributed by atoms with van der Waals surface area (Å²) < 4.78 is 0. The van der Waals surface area contributed by atoms with Crippen LogP contribution in [0.3, 0.4) is 0 Å². The van der Waals surface area contributed by atoms with Crippen molar-refractivity contribution >= 4 is 11.6 Å². The van der Waals surface area contributed by atoms with Gasteiger partial charge in [0.25, 0.3) is 0 Å². The van der Waals surface area contributed by atoms with Gasteiger partial charge in [0, 0.05) is 5.38 Å². The van der Waals surface area contributed by atoms with E-state index in [1.165, 1.54) is 11.1 Å². The SMILES string of the molecule is CCC(Cl)C(C)Cc1ccccc1C. The van der Waals surface area contributed by atoms with E-state index in [-0.39, 0.29) is 0 Å². The minimum Gasteiger partial charge on any atom is -0.123 e. The lowest BCUT2D eigenvalue weighted by Crippen LogP contribution is -2.13. The van der Waals surface area contributed by atoms with E-state index in [9.17, 15) is 0 Å². The number of hydrogen-bond donors (Lipinski definition) is 0. The first kappa shape index (κ1) is 11.6. The van der Waals surface area contributed by atoms with Crippen LogP contribution in [0, 0.1) is 12.8 Å². The molecule has 1 heteroatoms. The van der Waals surface area contributed by atoms with E-state index in [1.54, 1.807) is 0 Å². The summed E-state index contributed by atoms with van der Waals surface area (Å²) in [5, 5.41) is 0.301. The molecule has 2 unspecified atom stereocenters. The van der Waals surface area contributed by atoms with E-state index in [4.69, 9.17) is 11.6 Å². The second-order valence-corrected chi connectivity index (χ2v) is 4.59. The highest BCUT2D eigenvalue weighted by molar-refractivity contribution is 6.20. The van der Waals surface area contributed by atoms with Gasteiger partial charge < -0.3 is 0 Å². The summed E-state index contributed by atoms with van der Waals surface area (Å²) in [4.78, 5) is 0. The van der Waals surface area contributed by atoms with E-state index in [0.717, 1.165) is 12.8 Å². The lowest BCUT2D eigenvalue weighted by molar-refractivity contribution is 0.530. The Morgan fingerprint density at radius 1 is 1.29 bits per heavy atom. The molecule has 0 saturated heterocycles. The van der Waals surface area contributed by atoms with Gasteiger partial charge in [0.05, 0.1) is 0 Å². The zero-order valence-electron chi connectivity index (χ0n) is 9.26. The molecule has 14 heavy (non-hydrogen) atoms. The topological polar surface area (TPSA) is 0 Å². The van der Waals surface area contributed by atoms with Crippen molar-refractivity contribution in [2.24, 2.45) is 5.92 Å². The predicted molar refractivity (Wildman–Crippen MR) is 64.0 cm³/mol. The Hall–Kier alpha value is -0.490. The van der Waals surface area contributed by atoms with Crippen molar-refractivity contribution in [1.82, 2.24) is 0 Å². The lowest BCUT2D eigenvalue weighted by Gasteiger charge is -2.17. The molecule has 0 bridgehead atoms. The van der Waals surface area contributed by atoms with E-state index >= 15 is 0 Å². The number of aryl methyl sites for hydroxylation is 1. The van der Waals surface area contributed by atoms with Gasteiger partial charge in [-0.25, -0.2) is 0 Å². The van der Waals surface area contributed by atoms with Gasteiger partial charge in [-0.05, 0) is 36.8 Å². The largest absolute Gasteiger partial charge is 0.123 e. The summed E-state index contributed by atoms with van der Waals surface area (Å²) in [6.45, 7) is 6.54. The first-order valence-electron chi connectivity index (χ1n) is 5.33. The molecule has 0 nitrogen and oxygen atoms in total. The molecule has 0 amide bonds. The summed E-state index contributed by atoms with van der Waals surface area (Å²) in [6.07, 6.45) is 2.14. The number of rotatable bonds is 4. The molecule has 0 fully saturated rings. The third-order valence-corrected chi connectivity index (χ3v) is 3.55.